The molecule has 0 spiro atoms. The van der Waals surface area contributed by atoms with Crippen LogP contribution >= 0.6 is 54.0 Å². The Morgan fingerprint density at radius 1 is 1.01 bits per heavy atom. The fourth-order valence-electron chi connectivity index (χ4n) is 10.7. The van der Waals surface area contributed by atoms with E-state index < -0.39 is 51.1 Å². The Bertz CT molecular complexity index is 2690. The van der Waals surface area contributed by atoms with Crippen molar-refractivity contribution in [3.63, 3.8) is 0 Å². The second-order valence-electron chi connectivity index (χ2n) is 19.8. The van der Waals surface area contributed by atoms with E-state index in [-0.39, 0.29) is 122 Å². The minimum Gasteiger partial charge on any atom is -0.508 e. The molecule has 16 nitrogen and oxygen atoms in total. The highest BCUT2D eigenvalue weighted by molar-refractivity contribution is 7.93. The summed E-state index contributed by atoms with van der Waals surface area (Å²) in [5, 5.41) is 16.9. The lowest BCUT2D eigenvalue weighted by Gasteiger charge is -2.39. The van der Waals surface area contributed by atoms with Gasteiger partial charge in [-0.1, -0.05) is 38.8 Å². The van der Waals surface area contributed by atoms with Crippen molar-refractivity contribution in [2.75, 3.05) is 59.0 Å². The maximum Gasteiger partial charge on any atom is 0.324 e. The number of benzene rings is 2. The highest BCUT2D eigenvalue weighted by Gasteiger charge is 2.41. The van der Waals surface area contributed by atoms with E-state index in [0.717, 1.165) is 70.2 Å². The van der Waals surface area contributed by atoms with Crippen LogP contribution in [0.4, 0.5) is 4.79 Å². The molecule has 4 atom stereocenters. The van der Waals surface area contributed by atoms with Gasteiger partial charge < -0.3 is 34.3 Å². The number of rotatable bonds is 8. The molecule has 398 valence electrons. The number of hydrazine groups is 1. The number of aryl methyl sites for hydroxylation is 1. The molecular weight excluding hydrogens is 1010 g/mol. The first-order valence-electron chi connectivity index (χ1n) is 24.2. The maximum atomic E-state index is 14.9. The Morgan fingerprint density at radius 3 is 2.39 bits per heavy atom. The third-order valence-electron chi connectivity index (χ3n) is 14.5. The Hall–Kier alpha value is -4.12. The second kappa shape index (κ2) is 25.4. The van der Waals surface area contributed by atoms with Crippen LogP contribution in [0.1, 0.15) is 89.1 Å². The van der Waals surface area contributed by atoms with Crippen LogP contribution in [0.15, 0.2) is 59.1 Å². The van der Waals surface area contributed by atoms with Crippen LogP contribution in [-0.4, -0.2) is 135 Å². The van der Waals surface area contributed by atoms with Crippen molar-refractivity contribution in [2.45, 2.75) is 110 Å². The zero-order chi connectivity index (χ0) is 48.5. The summed E-state index contributed by atoms with van der Waals surface area (Å²) in [6.07, 6.45) is 6.33. The maximum absolute atomic E-state index is 14.9. The van der Waals surface area contributed by atoms with E-state index >= 15 is 0 Å². The minimum atomic E-state index is -2.38. The molecule has 0 unspecified atom stereocenters. The van der Waals surface area contributed by atoms with Gasteiger partial charge in [-0.15, -0.1) is 0 Å². The molecule has 3 aliphatic heterocycles. The van der Waals surface area contributed by atoms with Gasteiger partial charge >= 0.3 is 12.0 Å². The van der Waals surface area contributed by atoms with E-state index in [1.807, 2.05) is 25.1 Å². The summed E-state index contributed by atoms with van der Waals surface area (Å²) < 4.78 is 31.3. The highest BCUT2D eigenvalue weighted by atomic mass is 32.2. The van der Waals surface area contributed by atoms with Gasteiger partial charge in [0.15, 0.2) is 0 Å². The smallest absolute Gasteiger partial charge is 0.324 e. The molecule has 4 aliphatic rings. The molecule has 2 saturated heterocycles. The number of methoxy groups -OCH3 is 1. The number of carbonyl (C=O) groups is 4. The van der Waals surface area contributed by atoms with Gasteiger partial charge in [-0.2, -0.15) is 54.0 Å². The number of likely N-dealkylation sites (N-methyl/N-ethyl adjacent to an activating group) is 1. The topological polar surface area (TPSA) is 188 Å². The minimum absolute atomic E-state index is 0. The number of aromatic nitrogens is 2. The number of ether oxygens (including phenoxy) is 2. The first-order valence-corrected chi connectivity index (χ1v) is 26.0. The molecule has 8 rings (SSSR count). The summed E-state index contributed by atoms with van der Waals surface area (Å²) >= 11 is 0. The van der Waals surface area contributed by atoms with E-state index in [2.05, 4.69) is 58.6 Å². The molecule has 72 heavy (non-hydrogen) atoms. The quantitative estimate of drug-likeness (QED) is 0.156. The van der Waals surface area contributed by atoms with Crippen molar-refractivity contribution < 1.29 is 38.0 Å². The number of urea groups is 1. The van der Waals surface area contributed by atoms with Gasteiger partial charge in [0, 0.05) is 103 Å². The van der Waals surface area contributed by atoms with Crippen LogP contribution in [0.25, 0.3) is 33.3 Å². The molecule has 3 fully saturated rings. The molecule has 1 aliphatic carbocycles. The number of aromatic hydroxyl groups is 1. The van der Waals surface area contributed by atoms with Crippen LogP contribution in [-0.2, 0) is 53.0 Å². The first kappa shape index (κ1) is 60.4. The van der Waals surface area contributed by atoms with Crippen LogP contribution < -0.4 is 10.7 Å². The summed E-state index contributed by atoms with van der Waals surface area (Å²) in [6.45, 7) is 9.86. The number of pyridine rings is 1. The average Bonchev–Trinajstić information content (AvgIpc) is 3.98. The van der Waals surface area contributed by atoms with Crippen molar-refractivity contribution >= 4 is 98.4 Å². The number of phenols is 1. The lowest BCUT2D eigenvalue weighted by molar-refractivity contribution is -0.155. The zero-order valence-corrected chi connectivity index (χ0v) is 47.4. The molecule has 1 saturated carbocycles. The lowest BCUT2D eigenvalue weighted by atomic mass is 9.84. The second-order valence-corrected chi connectivity index (χ2v) is 22.5. The number of nitrogens with zero attached hydrogens (tertiary/aromatic N) is 6. The van der Waals surface area contributed by atoms with Crippen molar-refractivity contribution in [3.8, 4) is 28.1 Å². The molecule has 4 aromatic rings. The van der Waals surface area contributed by atoms with Gasteiger partial charge in [0.1, 0.15) is 23.9 Å². The lowest BCUT2D eigenvalue weighted by Crippen LogP contribution is -2.63. The standard InChI is InChI=1S/C51H68N8O8S.4H2S/c1-8-58-43-18-17-35-29-39(43)40(46(58)38-15-11-19-53-44(38)32(2)66-7)30-51(3,4)31-67-49(63)41-16-12-20-59(55-41)48(62)42(27-33-25-36(35)28-37(60)26-33)54-47(61)45(34-13-9-10-14-34)56(6)50(64)57-21-23-68(65,52-5)24-22-57;;;;/h11,15,17-19,25-26,28-29,32,34,41-42,45,55,60H,8-10,12-14,16,20-24,27,30-31H2,1-7H3,(H,54,61);4*1H2/t32-,41-,42-,45-;;;;/m0..../s1. The number of nitrogens with one attached hydrogen (secondary N) is 2. The number of fused-ring (bicyclic) bond motifs is 6. The molecule has 21 heteroatoms. The molecule has 3 N–H and O–H groups in total. The third-order valence-corrected chi connectivity index (χ3v) is 16.8. The predicted molar refractivity (Wildman–Crippen MR) is 304 cm³/mol. The number of hydrogen-bond acceptors (Lipinski definition) is 11. The van der Waals surface area contributed by atoms with E-state index in [1.54, 1.807) is 44.4 Å². The third kappa shape index (κ3) is 12.9. The predicted octanol–water partition coefficient (Wildman–Crippen LogP) is 6.93. The number of carbonyl (C=O) groups excluding carboxylic acids is 4. The van der Waals surface area contributed by atoms with E-state index in [4.69, 9.17) is 14.5 Å². The van der Waals surface area contributed by atoms with Gasteiger partial charge in [-0.3, -0.25) is 24.4 Å². The van der Waals surface area contributed by atoms with Crippen molar-refractivity contribution in [3.05, 3.63) is 71.5 Å². The zero-order valence-electron chi connectivity index (χ0n) is 42.6. The van der Waals surface area contributed by atoms with Crippen molar-refractivity contribution in [1.82, 2.24) is 35.1 Å². The van der Waals surface area contributed by atoms with Crippen molar-refractivity contribution in [1.29, 1.82) is 0 Å². The van der Waals surface area contributed by atoms with Crippen LogP contribution in [0, 0.1) is 11.3 Å². The molecule has 2 aromatic carbocycles. The largest absolute Gasteiger partial charge is 0.508 e. The summed E-state index contributed by atoms with van der Waals surface area (Å²) in [5.74, 6) is -0.990. The van der Waals surface area contributed by atoms with Gasteiger partial charge in [-0.05, 0) is 111 Å². The Balaban J connectivity index is 0.00000281. The van der Waals surface area contributed by atoms with E-state index in [9.17, 15) is 28.5 Å². The van der Waals surface area contributed by atoms with Gasteiger partial charge in [0.25, 0.3) is 5.91 Å². The normalized spacial score (nSPS) is 20.8. The summed E-state index contributed by atoms with van der Waals surface area (Å²) in [6, 6.07) is 12.4. The monoisotopic (exact) mass is 1090 g/mol. The number of phenolic OH excluding ortho intramolecular Hbond substituents is 1. The van der Waals surface area contributed by atoms with Crippen LogP contribution in [0.5, 0.6) is 5.75 Å². The first-order chi connectivity index (χ1) is 32.5. The molecule has 0 radical (unpaired) electrons. The molecule has 2 aromatic heterocycles. The number of cyclic esters (lactones) is 1. The highest BCUT2D eigenvalue weighted by Crippen LogP contribution is 2.42. The molecule has 6 bridgehead atoms. The Morgan fingerprint density at radius 2 is 1.72 bits per heavy atom. The van der Waals surface area contributed by atoms with Gasteiger partial charge in [0.05, 0.1) is 24.1 Å². The number of amides is 4. The van der Waals surface area contributed by atoms with E-state index in [1.165, 1.54) is 9.91 Å². The summed E-state index contributed by atoms with van der Waals surface area (Å²) in [7, 11) is 2.48. The van der Waals surface area contributed by atoms with Crippen molar-refractivity contribution in [2.24, 2.45) is 15.7 Å². The van der Waals surface area contributed by atoms with Crippen LogP contribution in [0.3, 0.4) is 0 Å². The SMILES string of the molecule is CCn1c(-c2cccnc2[C@H](C)OC)c2c3cc(ccc31)-c1cc(O)cc(c1)C[C@H](NC(=O)[C@H](C1CCCC1)N(C)C(=O)N1CCS(=O)(=NC)CC1)C(=O)N1CCC[C@H](N1)C(=O)OCC(C)(C)C2.S.S.S.S. The van der Waals surface area contributed by atoms with E-state index in [0.29, 0.717) is 31.4 Å². The molecular formula is C51H76N8O8S5. The summed E-state index contributed by atoms with van der Waals surface area (Å²) in [5.41, 5.74) is 9.64. The van der Waals surface area contributed by atoms with Gasteiger partial charge in [0.2, 0.25) is 5.91 Å². The summed E-state index contributed by atoms with van der Waals surface area (Å²) in [4.78, 5) is 65.7. The average molecular weight is 1090 g/mol. The van der Waals surface area contributed by atoms with Gasteiger partial charge in [-0.25, -0.2) is 18.8 Å². The fraction of sp³-hybridized carbons (Fsp3) is 0.549. The Labute approximate surface area is 453 Å². The van der Waals surface area contributed by atoms with Crippen LogP contribution in [0.2, 0.25) is 0 Å². The molecule has 4 amide bonds. The number of esters is 1. The number of hydrogen-bond donors (Lipinski definition) is 3. The molecule has 5 heterocycles. The fourth-order valence-corrected chi connectivity index (χ4v) is 12.3. The Kier molecular flexibility index (Phi) is 21.3.